The average molecular weight is 302 g/mol. The summed E-state index contributed by atoms with van der Waals surface area (Å²) in [4.78, 5) is 24.9. The molecule has 1 aromatic heterocycles. The molecule has 1 aliphatic heterocycles. The van der Waals surface area contributed by atoms with Crippen molar-refractivity contribution in [1.82, 2.24) is 9.55 Å². The van der Waals surface area contributed by atoms with Gasteiger partial charge in [-0.2, -0.15) is 0 Å². The molecule has 0 unspecified atom stereocenters. The van der Waals surface area contributed by atoms with Crippen LogP contribution in [0.1, 0.15) is 18.2 Å². The van der Waals surface area contributed by atoms with Gasteiger partial charge in [0.1, 0.15) is 17.0 Å². The van der Waals surface area contributed by atoms with Gasteiger partial charge in [-0.05, 0) is 0 Å². The van der Waals surface area contributed by atoms with Crippen molar-refractivity contribution in [2.24, 2.45) is 0 Å². The van der Waals surface area contributed by atoms with Crippen LogP contribution in [0.2, 0.25) is 0 Å². The van der Waals surface area contributed by atoms with Crippen LogP contribution < -0.4 is 5.69 Å². The molecule has 1 aromatic rings. The maximum absolute atomic E-state index is 11.8. The summed E-state index contributed by atoms with van der Waals surface area (Å²) in [5.41, 5.74) is -0.280. The van der Waals surface area contributed by atoms with Gasteiger partial charge in [0.15, 0.2) is 0 Å². The average Bonchev–Trinajstić information content (AvgIpc) is 2.73. The summed E-state index contributed by atoms with van der Waals surface area (Å²) in [5.74, 6) is -1.07. The topological polar surface area (TPSA) is 125 Å². The highest BCUT2D eigenvalue weighted by Crippen LogP contribution is 2.27. The number of carboxylic acids is 1. The normalized spacial score (nSPS) is 25.8. The van der Waals surface area contributed by atoms with E-state index >= 15 is 0 Å². The minimum absolute atomic E-state index is 0.0610. The van der Waals surface area contributed by atoms with Crippen LogP contribution >= 0.6 is 12.2 Å². The van der Waals surface area contributed by atoms with E-state index in [9.17, 15) is 14.7 Å². The molecule has 4 N–H and O–H groups in total. The number of carboxylic acid groups (broad SMARTS) is 1. The van der Waals surface area contributed by atoms with Crippen molar-refractivity contribution in [3.8, 4) is 0 Å². The monoisotopic (exact) mass is 302 g/mol. The van der Waals surface area contributed by atoms with Crippen LogP contribution in [0.3, 0.4) is 0 Å². The van der Waals surface area contributed by atoms with E-state index in [2.05, 4.69) is 4.98 Å². The number of hydrogen-bond donors (Lipinski definition) is 4. The number of aliphatic hydroxyl groups is 2. The number of carbonyl (C=O) groups is 1. The van der Waals surface area contributed by atoms with E-state index in [0.29, 0.717) is 0 Å². The summed E-state index contributed by atoms with van der Waals surface area (Å²) in [6, 6.07) is 0. The summed E-state index contributed by atoms with van der Waals surface area (Å²) in [6.45, 7) is -0.364. The van der Waals surface area contributed by atoms with Crippen LogP contribution in [0.15, 0.2) is 11.0 Å². The zero-order chi connectivity index (χ0) is 14.9. The summed E-state index contributed by atoms with van der Waals surface area (Å²) in [7, 11) is 0. The Hall–Kier alpha value is -1.55. The standard InChI is InChI=1S/C11H14N2O6S/c14-4-7-6(15)2-8(19-7)13-3-5(1-9(16)17)10(20)12-11(13)18/h3,6-8,14-15H,1-2,4H2,(H,16,17)(H,12,18,20)/t6-,7+,8-/m1/s1. The lowest BCUT2D eigenvalue weighted by atomic mass is 10.2. The number of aromatic amines is 1. The number of aliphatic carboxylic acids is 1. The Morgan fingerprint density at radius 3 is 2.85 bits per heavy atom. The lowest BCUT2D eigenvalue weighted by molar-refractivity contribution is -0.136. The first kappa shape index (κ1) is 14.9. The van der Waals surface area contributed by atoms with Gasteiger partial charge in [0, 0.05) is 18.2 Å². The lowest BCUT2D eigenvalue weighted by Crippen LogP contribution is -2.28. The summed E-state index contributed by atoms with van der Waals surface area (Å²) in [6.07, 6.45) is -1.31. The van der Waals surface area contributed by atoms with Crippen molar-refractivity contribution in [3.63, 3.8) is 0 Å². The molecule has 0 aromatic carbocycles. The number of aromatic nitrogens is 2. The fourth-order valence-corrected chi connectivity index (χ4v) is 2.29. The largest absolute Gasteiger partial charge is 0.481 e. The highest BCUT2D eigenvalue weighted by Gasteiger charge is 2.35. The van der Waals surface area contributed by atoms with Gasteiger partial charge >= 0.3 is 11.7 Å². The minimum atomic E-state index is -1.07. The molecule has 0 saturated carbocycles. The molecule has 8 nitrogen and oxygen atoms in total. The minimum Gasteiger partial charge on any atom is -0.481 e. The highest BCUT2D eigenvalue weighted by molar-refractivity contribution is 7.71. The van der Waals surface area contributed by atoms with Crippen molar-refractivity contribution < 1.29 is 24.9 Å². The molecule has 2 heterocycles. The van der Waals surface area contributed by atoms with Gasteiger partial charge < -0.3 is 20.1 Å². The zero-order valence-corrected chi connectivity index (χ0v) is 11.2. The van der Waals surface area contributed by atoms with Crippen LogP contribution in [-0.4, -0.2) is 49.7 Å². The molecule has 1 aliphatic rings. The number of nitrogens with zero attached hydrogens (tertiary/aromatic N) is 1. The third-order valence-corrected chi connectivity index (χ3v) is 3.44. The van der Waals surface area contributed by atoms with Crippen molar-refractivity contribution in [3.05, 3.63) is 26.9 Å². The van der Waals surface area contributed by atoms with Gasteiger partial charge in [-0.1, -0.05) is 12.2 Å². The first-order valence-electron chi connectivity index (χ1n) is 5.93. The van der Waals surface area contributed by atoms with Crippen molar-refractivity contribution in [2.75, 3.05) is 6.61 Å². The van der Waals surface area contributed by atoms with E-state index in [0.717, 1.165) is 4.57 Å². The Bertz CT molecular complexity index is 624. The Labute approximate surface area is 118 Å². The number of aliphatic hydroxyl groups excluding tert-OH is 2. The molecule has 0 spiro atoms. The van der Waals surface area contributed by atoms with E-state index in [1.807, 2.05) is 0 Å². The summed E-state index contributed by atoms with van der Waals surface area (Å²) < 4.78 is 6.56. The molecular formula is C11H14N2O6S. The predicted molar refractivity (Wildman–Crippen MR) is 68.8 cm³/mol. The SMILES string of the molecule is O=C(O)Cc1cn([C@H]2C[C@@H](O)[C@H](CO)O2)c(=O)[nH]c1=S. The lowest BCUT2D eigenvalue weighted by Gasteiger charge is -2.15. The third kappa shape index (κ3) is 2.96. The molecule has 110 valence electrons. The molecular weight excluding hydrogens is 288 g/mol. The Balaban J connectivity index is 2.35. The van der Waals surface area contributed by atoms with Gasteiger partial charge in [-0.15, -0.1) is 0 Å². The molecule has 0 radical (unpaired) electrons. The number of nitrogens with one attached hydrogen (secondary N) is 1. The fourth-order valence-electron chi connectivity index (χ4n) is 2.08. The summed E-state index contributed by atoms with van der Waals surface area (Å²) >= 11 is 4.90. The molecule has 20 heavy (non-hydrogen) atoms. The van der Waals surface area contributed by atoms with Gasteiger partial charge in [-0.25, -0.2) is 4.79 Å². The van der Waals surface area contributed by atoms with Crippen LogP contribution in [0.4, 0.5) is 0 Å². The molecule has 9 heteroatoms. The molecule has 0 amide bonds. The van der Waals surface area contributed by atoms with Crippen molar-refractivity contribution in [1.29, 1.82) is 0 Å². The second-order valence-electron chi connectivity index (χ2n) is 4.51. The van der Waals surface area contributed by atoms with Gasteiger partial charge in [0.25, 0.3) is 0 Å². The highest BCUT2D eigenvalue weighted by atomic mass is 32.1. The maximum atomic E-state index is 11.8. The maximum Gasteiger partial charge on any atom is 0.328 e. The Morgan fingerprint density at radius 1 is 1.60 bits per heavy atom. The summed E-state index contributed by atoms with van der Waals surface area (Å²) in [5, 5.41) is 27.5. The van der Waals surface area contributed by atoms with Gasteiger partial charge in [0.2, 0.25) is 0 Å². The number of H-pyrrole nitrogens is 1. The van der Waals surface area contributed by atoms with Crippen LogP contribution in [0.25, 0.3) is 0 Å². The third-order valence-electron chi connectivity index (χ3n) is 3.08. The van der Waals surface area contributed by atoms with E-state index in [4.69, 9.17) is 27.2 Å². The first-order valence-corrected chi connectivity index (χ1v) is 6.33. The predicted octanol–water partition coefficient (Wildman–Crippen LogP) is -0.826. The fraction of sp³-hybridized carbons (Fsp3) is 0.545. The molecule has 0 aliphatic carbocycles. The second kappa shape index (κ2) is 5.83. The van der Waals surface area contributed by atoms with Crippen LogP contribution in [0.5, 0.6) is 0 Å². The second-order valence-corrected chi connectivity index (χ2v) is 4.91. The van der Waals surface area contributed by atoms with Crippen LogP contribution in [-0.2, 0) is 16.0 Å². The number of ether oxygens (including phenoxy) is 1. The van der Waals surface area contributed by atoms with E-state index in [1.165, 1.54) is 6.20 Å². The smallest absolute Gasteiger partial charge is 0.328 e. The Kier molecular flexibility index (Phi) is 4.33. The number of rotatable bonds is 4. The molecule has 0 bridgehead atoms. The van der Waals surface area contributed by atoms with Gasteiger partial charge in [0.05, 0.1) is 19.1 Å². The number of hydrogen-bond acceptors (Lipinski definition) is 6. The van der Waals surface area contributed by atoms with E-state index in [1.54, 1.807) is 0 Å². The van der Waals surface area contributed by atoms with Crippen molar-refractivity contribution in [2.45, 2.75) is 31.3 Å². The van der Waals surface area contributed by atoms with E-state index in [-0.39, 0.29) is 29.7 Å². The van der Waals surface area contributed by atoms with Crippen molar-refractivity contribution >= 4 is 18.2 Å². The van der Waals surface area contributed by atoms with Crippen LogP contribution in [0, 0.1) is 4.64 Å². The molecule has 1 fully saturated rings. The quantitative estimate of drug-likeness (QED) is 0.535. The molecule has 3 atom stereocenters. The first-order chi connectivity index (χ1) is 9.42. The molecule has 1 saturated heterocycles. The van der Waals surface area contributed by atoms with Gasteiger partial charge in [-0.3, -0.25) is 14.3 Å². The van der Waals surface area contributed by atoms with E-state index < -0.39 is 30.1 Å². The zero-order valence-electron chi connectivity index (χ0n) is 10.4. The molecule has 2 rings (SSSR count). The Morgan fingerprint density at radius 2 is 2.30 bits per heavy atom.